The first-order chi connectivity index (χ1) is 20.7. The van der Waals surface area contributed by atoms with Crippen molar-refractivity contribution in [3.63, 3.8) is 0 Å². The molecule has 5 aromatic carbocycles. The third kappa shape index (κ3) is 7.17. The number of hydrogen-bond donors (Lipinski definition) is 0. The van der Waals surface area contributed by atoms with Gasteiger partial charge in [0.05, 0.1) is 0 Å². The van der Waals surface area contributed by atoms with Crippen LogP contribution in [0.5, 0.6) is 0 Å². The van der Waals surface area contributed by atoms with Crippen molar-refractivity contribution in [3.05, 3.63) is 150 Å². The number of halogens is 2. The molecule has 10 rings (SSSR count). The maximum atomic E-state index is 3.36. The Morgan fingerprint density at radius 1 is 0.591 bits per heavy atom. The minimum atomic E-state index is 0. The van der Waals surface area contributed by atoms with E-state index in [0.717, 1.165) is 36.0 Å². The van der Waals surface area contributed by atoms with E-state index in [1.54, 1.807) is 37.7 Å². The maximum Gasteiger partial charge on any atom is -0.0771 e. The summed E-state index contributed by atoms with van der Waals surface area (Å²) in [5.41, 5.74) is 4.32. The third-order valence-electron chi connectivity index (χ3n) is 9.98. The van der Waals surface area contributed by atoms with Gasteiger partial charge in [-0.05, 0) is 55.8 Å². The van der Waals surface area contributed by atoms with Gasteiger partial charge in [0.25, 0.3) is 0 Å². The van der Waals surface area contributed by atoms with Gasteiger partial charge in [-0.25, -0.2) is 6.08 Å². The summed E-state index contributed by atoms with van der Waals surface area (Å²) in [6.45, 7) is 0. The van der Waals surface area contributed by atoms with Gasteiger partial charge in [-0.15, -0.1) is 46.2 Å². The molecule has 4 saturated carbocycles. The second-order valence-corrected chi connectivity index (χ2v) is 13.9. The van der Waals surface area contributed by atoms with Crippen LogP contribution in [0.15, 0.2) is 133 Å². The first kappa shape index (κ1) is 32.9. The number of fused-ring (bicyclic) bond motifs is 3. The molecular weight excluding hydrogens is 655 g/mol. The molecule has 0 aromatic heterocycles. The van der Waals surface area contributed by atoms with Crippen LogP contribution in [0.25, 0.3) is 21.5 Å². The first-order valence-corrected chi connectivity index (χ1v) is 16.9. The Bertz CT molecular complexity index is 1610. The molecule has 0 aliphatic heterocycles. The van der Waals surface area contributed by atoms with Gasteiger partial charge in [0.15, 0.2) is 0 Å². The van der Waals surface area contributed by atoms with E-state index in [0.29, 0.717) is 0 Å². The smallest absolute Gasteiger partial charge is 0.0771 e. The summed E-state index contributed by atoms with van der Waals surface area (Å²) in [5, 5.41) is 5.39. The molecule has 4 bridgehead atoms. The molecule has 0 heterocycles. The number of benzene rings is 4. The van der Waals surface area contributed by atoms with E-state index in [-0.39, 0.29) is 24.8 Å². The van der Waals surface area contributed by atoms with Crippen molar-refractivity contribution in [3.8, 4) is 0 Å². The zero-order valence-corrected chi connectivity index (χ0v) is 29.0. The Labute approximate surface area is 290 Å². The van der Waals surface area contributed by atoms with Crippen molar-refractivity contribution in [1.82, 2.24) is 0 Å². The number of rotatable bonds is 3. The molecule has 0 spiro atoms. The molecule has 0 saturated heterocycles. The zero-order chi connectivity index (χ0) is 28.3. The quantitative estimate of drug-likeness (QED) is 0.248. The van der Waals surface area contributed by atoms with Gasteiger partial charge < -0.3 is 24.8 Å². The SMILES string of the molecule is [C-]1=CC(C2C3CC4CC(C3)CC2C4)=CC1.[Cl-].[Cl-].[Zr+2]=[C](c1ccccc1)c1ccccc1.c1ccc2c(c1)[cH-]c1ccccc12. The molecule has 5 aliphatic rings. The van der Waals surface area contributed by atoms with Crippen LogP contribution in [0.3, 0.4) is 0 Å². The molecule has 0 radical (unpaired) electrons. The Kier molecular flexibility index (Phi) is 11.4. The van der Waals surface area contributed by atoms with Crippen LogP contribution in [-0.4, -0.2) is 3.21 Å². The monoisotopic (exact) mass is 690 g/mol. The van der Waals surface area contributed by atoms with E-state index >= 15 is 0 Å². The maximum absolute atomic E-state index is 3.36. The normalized spacial score (nSPS) is 23.9. The summed E-state index contributed by atoms with van der Waals surface area (Å²) in [6, 6.07) is 40.4. The zero-order valence-electron chi connectivity index (χ0n) is 25.0. The van der Waals surface area contributed by atoms with Gasteiger partial charge in [-0.2, -0.15) is 11.6 Å². The average Bonchev–Trinajstić information content (AvgIpc) is 3.70. The van der Waals surface area contributed by atoms with Crippen molar-refractivity contribution in [2.24, 2.45) is 29.6 Å². The Balaban J connectivity index is 0.000000128. The number of allylic oxidation sites excluding steroid dienone is 4. The average molecular weight is 693 g/mol. The van der Waals surface area contributed by atoms with Crippen LogP contribution in [-0.2, 0) is 24.2 Å². The number of hydrogen-bond acceptors (Lipinski definition) is 0. The van der Waals surface area contributed by atoms with Crippen LogP contribution in [0.4, 0.5) is 0 Å². The summed E-state index contributed by atoms with van der Waals surface area (Å²) < 4.78 is 1.42. The van der Waals surface area contributed by atoms with E-state index in [1.807, 2.05) is 0 Å². The summed E-state index contributed by atoms with van der Waals surface area (Å²) in [6.07, 6.45) is 16.9. The molecular formula is C41H38Cl2Zr-2. The van der Waals surface area contributed by atoms with Gasteiger partial charge in [-0.3, -0.25) is 6.08 Å². The molecule has 0 unspecified atom stereocenters. The predicted molar refractivity (Wildman–Crippen MR) is 174 cm³/mol. The summed E-state index contributed by atoms with van der Waals surface area (Å²) >= 11 is 1.46. The van der Waals surface area contributed by atoms with E-state index in [9.17, 15) is 0 Å². The van der Waals surface area contributed by atoms with Gasteiger partial charge in [0.1, 0.15) is 0 Å². The van der Waals surface area contributed by atoms with E-state index < -0.39 is 0 Å². The summed E-state index contributed by atoms with van der Waals surface area (Å²) in [4.78, 5) is 0. The van der Waals surface area contributed by atoms with Crippen molar-refractivity contribution in [1.29, 1.82) is 0 Å². The van der Waals surface area contributed by atoms with Gasteiger partial charge in [0.2, 0.25) is 0 Å². The summed E-state index contributed by atoms with van der Waals surface area (Å²) in [7, 11) is 0. The second kappa shape index (κ2) is 15.2. The molecule has 222 valence electrons. The molecule has 44 heavy (non-hydrogen) atoms. The van der Waals surface area contributed by atoms with E-state index in [2.05, 4.69) is 133 Å². The van der Waals surface area contributed by atoms with Crippen molar-refractivity contribution >= 4 is 24.8 Å². The largest absolute Gasteiger partial charge is 0.126 e. The Morgan fingerprint density at radius 3 is 1.50 bits per heavy atom. The fraction of sp³-hybridized carbons (Fsp3) is 0.268. The van der Waals surface area contributed by atoms with Crippen molar-refractivity contribution < 1.29 is 49.0 Å². The van der Waals surface area contributed by atoms with Gasteiger partial charge in [0, 0.05) is 0 Å². The molecule has 5 aliphatic carbocycles. The minimum absolute atomic E-state index is 0. The van der Waals surface area contributed by atoms with Crippen LogP contribution in [0, 0.1) is 35.7 Å². The summed E-state index contributed by atoms with van der Waals surface area (Å²) in [5.74, 6) is 5.25. The molecule has 0 amide bonds. The molecule has 3 heteroatoms. The Morgan fingerprint density at radius 2 is 1.05 bits per heavy atom. The van der Waals surface area contributed by atoms with Crippen LogP contribution in [0.1, 0.15) is 49.7 Å². The van der Waals surface area contributed by atoms with Crippen molar-refractivity contribution in [2.45, 2.75) is 38.5 Å². The fourth-order valence-electron chi connectivity index (χ4n) is 8.39. The van der Waals surface area contributed by atoms with Crippen LogP contribution < -0.4 is 24.8 Å². The second-order valence-electron chi connectivity index (χ2n) is 12.6. The van der Waals surface area contributed by atoms with Gasteiger partial charge in [-0.1, -0.05) is 42.3 Å². The topological polar surface area (TPSA) is 0 Å². The van der Waals surface area contributed by atoms with E-state index in [1.165, 1.54) is 60.1 Å². The molecule has 5 aromatic rings. The van der Waals surface area contributed by atoms with Crippen LogP contribution in [0.2, 0.25) is 0 Å². The van der Waals surface area contributed by atoms with E-state index in [4.69, 9.17) is 0 Å². The Hall–Kier alpha value is -2.44. The van der Waals surface area contributed by atoms with Crippen LogP contribution >= 0.6 is 0 Å². The molecule has 0 N–H and O–H groups in total. The fourth-order valence-corrected chi connectivity index (χ4v) is 9.21. The first-order valence-electron chi connectivity index (χ1n) is 15.7. The molecule has 4 fully saturated rings. The molecule has 0 atom stereocenters. The third-order valence-corrected chi connectivity index (χ3v) is 11.4. The standard InChI is InChI=1S/C15H19.C13H9.C13H10.2ClH.Zr/c1-2-4-12(3-1)15-13-6-10-5-11(8-13)9-14(15)7-10;1-3-7-12-10(5-1)9-11-6-2-4-8-13(11)12;1-3-7-12(8-4-1)11-13-9-5-2-6-10-13;;;/h3-4,10-11,13-15H,1,5-9H2;1-9H;1-10H;2*1H;/q2*-1;;;;+2/p-2. The molecule has 0 nitrogen and oxygen atoms in total. The predicted octanol–water partition coefficient (Wildman–Crippen LogP) is 4.27. The van der Waals surface area contributed by atoms with Gasteiger partial charge >= 0.3 is 99.2 Å². The van der Waals surface area contributed by atoms with Crippen molar-refractivity contribution in [2.75, 3.05) is 0 Å². The minimum Gasteiger partial charge on any atom is -0.126 e.